The Hall–Kier alpha value is -1.60. The van der Waals surface area contributed by atoms with E-state index in [9.17, 15) is 0 Å². The molecule has 0 unspecified atom stereocenters. The molecule has 0 spiro atoms. The zero-order valence-electron chi connectivity index (χ0n) is 17.5. The molecule has 2 aromatic rings. The molecule has 0 aliphatic heterocycles. The van der Waals surface area contributed by atoms with Gasteiger partial charge in [-0.1, -0.05) is 90.1 Å². The van der Waals surface area contributed by atoms with Gasteiger partial charge >= 0.3 is 0 Å². The lowest BCUT2D eigenvalue weighted by molar-refractivity contribution is -0.916. The van der Waals surface area contributed by atoms with Crippen molar-refractivity contribution >= 4 is 0 Å². The summed E-state index contributed by atoms with van der Waals surface area (Å²) in [7, 11) is 4.63. The zero-order chi connectivity index (χ0) is 18.9. The predicted octanol–water partition coefficient (Wildman–Crippen LogP) is 6.06. The van der Waals surface area contributed by atoms with Gasteiger partial charge in [0, 0.05) is 11.1 Å². The van der Waals surface area contributed by atoms with E-state index in [-0.39, 0.29) is 10.8 Å². The highest BCUT2D eigenvalue weighted by Gasteiger charge is 2.19. The Morgan fingerprint density at radius 2 is 0.840 bits per heavy atom. The van der Waals surface area contributed by atoms with Gasteiger partial charge in [0.2, 0.25) is 0 Å². The number of nitrogens with zero attached hydrogens (tertiary/aromatic N) is 1. The van der Waals surface area contributed by atoms with Gasteiger partial charge in [0.1, 0.15) is 13.1 Å². The average molecular weight is 339 g/mol. The smallest absolute Gasteiger partial charge is 0.104 e. The predicted molar refractivity (Wildman–Crippen MR) is 110 cm³/mol. The first-order valence-electron chi connectivity index (χ1n) is 9.38. The van der Waals surface area contributed by atoms with Gasteiger partial charge in [-0.05, 0) is 22.0 Å². The lowest BCUT2D eigenvalue weighted by Gasteiger charge is -2.30. The van der Waals surface area contributed by atoms with Crippen LogP contribution in [0.3, 0.4) is 0 Å². The summed E-state index contributed by atoms with van der Waals surface area (Å²) in [6.45, 7) is 15.7. The van der Waals surface area contributed by atoms with Crippen LogP contribution in [0.5, 0.6) is 0 Å². The number of rotatable bonds is 4. The Balaban J connectivity index is 2.06. The first-order chi connectivity index (χ1) is 11.4. The molecule has 0 heterocycles. The quantitative estimate of drug-likeness (QED) is 0.595. The third-order valence-electron chi connectivity index (χ3n) is 4.86. The summed E-state index contributed by atoms with van der Waals surface area (Å²) in [5, 5.41) is 0. The van der Waals surface area contributed by atoms with Gasteiger partial charge in [0.05, 0.1) is 14.1 Å². The lowest BCUT2D eigenvalue weighted by atomic mass is 9.86. The van der Waals surface area contributed by atoms with Crippen LogP contribution in [0.4, 0.5) is 0 Å². The van der Waals surface area contributed by atoms with Crippen LogP contribution >= 0.6 is 0 Å². The molecular formula is C24H36N+. The molecule has 0 N–H and O–H groups in total. The van der Waals surface area contributed by atoms with Crippen molar-refractivity contribution in [2.24, 2.45) is 0 Å². The highest BCUT2D eigenvalue weighted by Crippen LogP contribution is 2.25. The Bertz CT molecular complexity index is 615. The largest absolute Gasteiger partial charge is 0.321 e. The normalized spacial score (nSPS) is 13.1. The fourth-order valence-corrected chi connectivity index (χ4v) is 3.26. The van der Waals surface area contributed by atoms with Gasteiger partial charge in [-0.15, -0.1) is 0 Å². The van der Waals surface area contributed by atoms with Gasteiger partial charge in [-0.2, -0.15) is 0 Å². The lowest BCUT2D eigenvalue weighted by Crippen LogP contribution is -2.37. The van der Waals surface area contributed by atoms with E-state index >= 15 is 0 Å². The first kappa shape index (κ1) is 19.7. The molecule has 2 rings (SSSR count). The van der Waals surface area contributed by atoms with Crippen LogP contribution in [0.15, 0.2) is 48.5 Å². The maximum atomic E-state index is 2.31. The van der Waals surface area contributed by atoms with Gasteiger partial charge in [-0.3, -0.25) is 0 Å². The Kier molecular flexibility index (Phi) is 5.49. The van der Waals surface area contributed by atoms with E-state index in [0.717, 1.165) is 17.6 Å². The summed E-state index contributed by atoms with van der Waals surface area (Å²) in [6.07, 6.45) is 0. The topological polar surface area (TPSA) is 0 Å². The molecule has 1 nitrogen and oxygen atoms in total. The minimum absolute atomic E-state index is 0.220. The van der Waals surface area contributed by atoms with E-state index in [4.69, 9.17) is 0 Å². The molecule has 1 heteroatoms. The Labute approximate surface area is 155 Å². The van der Waals surface area contributed by atoms with Gasteiger partial charge in [0.25, 0.3) is 0 Å². The van der Waals surface area contributed by atoms with Crippen LogP contribution < -0.4 is 0 Å². The molecule has 0 saturated heterocycles. The molecule has 0 aliphatic carbocycles. The van der Waals surface area contributed by atoms with Crippen molar-refractivity contribution < 1.29 is 4.48 Å². The average Bonchev–Trinajstić information content (AvgIpc) is 2.45. The number of hydrogen-bond acceptors (Lipinski definition) is 0. The van der Waals surface area contributed by atoms with Crippen molar-refractivity contribution in [1.29, 1.82) is 0 Å². The summed E-state index contributed by atoms with van der Waals surface area (Å²) >= 11 is 0. The number of hydrogen-bond donors (Lipinski definition) is 0. The Morgan fingerprint density at radius 3 is 1.08 bits per heavy atom. The summed E-state index contributed by atoms with van der Waals surface area (Å²) in [6, 6.07) is 18.3. The molecule has 0 atom stereocenters. The van der Waals surface area contributed by atoms with Crippen molar-refractivity contribution in [2.45, 2.75) is 65.5 Å². The molecule has 136 valence electrons. The van der Waals surface area contributed by atoms with Crippen LogP contribution in [0, 0.1) is 0 Å². The molecule has 0 fully saturated rings. The zero-order valence-corrected chi connectivity index (χ0v) is 17.5. The maximum absolute atomic E-state index is 2.31. The van der Waals surface area contributed by atoms with Gasteiger partial charge < -0.3 is 4.48 Å². The monoisotopic (exact) mass is 338 g/mol. The third-order valence-corrected chi connectivity index (χ3v) is 4.86. The summed E-state index contributed by atoms with van der Waals surface area (Å²) < 4.78 is 0.962. The minimum Gasteiger partial charge on any atom is -0.321 e. The van der Waals surface area contributed by atoms with E-state index in [1.165, 1.54) is 22.3 Å². The number of benzene rings is 2. The summed E-state index contributed by atoms with van der Waals surface area (Å²) in [5.74, 6) is 0. The van der Waals surface area contributed by atoms with Crippen LogP contribution in [0.1, 0.15) is 63.8 Å². The van der Waals surface area contributed by atoms with Crippen molar-refractivity contribution in [3.8, 4) is 0 Å². The van der Waals surface area contributed by atoms with E-state index in [0.29, 0.717) is 0 Å². The molecule has 0 radical (unpaired) electrons. The summed E-state index contributed by atoms with van der Waals surface area (Å²) in [5.41, 5.74) is 6.06. The van der Waals surface area contributed by atoms with E-state index in [1.54, 1.807) is 0 Å². The van der Waals surface area contributed by atoms with Crippen molar-refractivity contribution in [3.63, 3.8) is 0 Å². The van der Waals surface area contributed by atoms with Crippen LogP contribution in [-0.2, 0) is 23.9 Å². The molecule has 0 saturated carbocycles. The summed E-state index contributed by atoms with van der Waals surface area (Å²) in [4.78, 5) is 0. The van der Waals surface area contributed by atoms with Crippen LogP contribution in [-0.4, -0.2) is 18.6 Å². The Morgan fingerprint density at radius 1 is 0.560 bits per heavy atom. The molecular weight excluding hydrogens is 302 g/mol. The van der Waals surface area contributed by atoms with Gasteiger partial charge in [0.15, 0.2) is 0 Å². The standard InChI is InChI=1S/C24H36N/c1-23(2,3)21-13-9-19(10-14-21)17-25(7,8)18-20-11-15-22(16-12-20)24(4,5)6/h9-16H,17-18H2,1-8H3/q+1. The first-order valence-corrected chi connectivity index (χ1v) is 9.38. The van der Waals surface area contributed by atoms with Crippen molar-refractivity contribution in [1.82, 2.24) is 0 Å². The van der Waals surface area contributed by atoms with Gasteiger partial charge in [-0.25, -0.2) is 0 Å². The fourth-order valence-electron chi connectivity index (χ4n) is 3.26. The van der Waals surface area contributed by atoms with Crippen molar-refractivity contribution in [2.75, 3.05) is 14.1 Å². The number of quaternary nitrogens is 1. The molecule has 0 aromatic heterocycles. The molecule has 0 amide bonds. The third kappa shape index (κ3) is 5.71. The highest BCUT2D eigenvalue weighted by atomic mass is 15.3. The van der Waals surface area contributed by atoms with E-state index in [1.807, 2.05) is 0 Å². The SMILES string of the molecule is CC(C)(C)c1ccc(C[N+](C)(C)Cc2ccc(C(C)(C)C)cc2)cc1. The fraction of sp³-hybridized carbons (Fsp3) is 0.500. The highest BCUT2D eigenvalue weighted by molar-refractivity contribution is 5.28. The minimum atomic E-state index is 0.220. The molecule has 0 aliphatic rings. The molecule has 0 bridgehead atoms. The van der Waals surface area contributed by atoms with Crippen LogP contribution in [0.25, 0.3) is 0 Å². The van der Waals surface area contributed by atoms with Crippen LogP contribution in [0.2, 0.25) is 0 Å². The second-order valence-corrected chi connectivity index (χ2v) is 10.1. The molecule has 25 heavy (non-hydrogen) atoms. The maximum Gasteiger partial charge on any atom is 0.104 e. The molecule has 2 aromatic carbocycles. The van der Waals surface area contributed by atoms with E-state index < -0.39 is 0 Å². The van der Waals surface area contributed by atoms with Crippen molar-refractivity contribution in [3.05, 3.63) is 70.8 Å². The van der Waals surface area contributed by atoms with E-state index in [2.05, 4.69) is 104 Å². The second-order valence-electron chi connectivity index (χ2n) is 10.1. The second kappa shape index (κ2) is 6.96.